The van der Waals surface area contributed by atoms with Crippen LogP contribution in [0.15, 0.2) is 146 Å². The molecule has 40 heavy (non-hydrogen) atoms. The summed E-state index contributed by atoms with van der Waals surface area (Å²) in [6.07, 6.45) is 3.02. The molecule has 4 heteroatoms. The maximum absolute atomic E-state index is 5.77. The van der Waals surface area contributed by atoms with E-state index in [-0.39, 0.29) is 0 Å². The molecule has 5 rings (SSSR count). The fourth-order valence-corrected chi connectivity index (χ4v) is 6.94. The SMILES string of the molecule is BrCCc1cccc(OCCCCOc2ccccc2)c1.c1ccc(P(c2ccccc2)c2ccccc2)cc1. The van der Waals surface area contributed by atoms with Crippen LogP contribution < -0.4 is 25.4 Å². The van der Waals surface area contributed by atoms with E-state index in [1.54, 1.807) is 0 Å². The lowest BCUT2D eigenvalue weighted by Crippen LogP contribution is -2.20. The van der Waals surface area contributed by atoms with Crippen molar-refractivity contribution in [1.82, 2.24) is 0 Å². The summed E-state index contributed by atoms with van der Waals surface area (Å²) in [6, 6.07) is 50.5. The van der Waals surface area contributed by atoms with Crippen molar-refractivity contribution >= 4 is 39.8 Å². The molecule has 0 unspecified atom stereocenters. The molecule has 0 aromatic heterocycles. The van der Waals surface area contributed by atoms with Gasteiger partial charge in [0.05, 0.1) is 13.2 Å². The average molecular weight is 612 g/mol. The zero-order valence-corrected chi connectivity index (χ0v) is 25.2. The lowest BCUT2D eigenvalue weighted by molar-refractivity contribution is 0.266. The zero-order valence-electron chi connectivity index (χ0n) is 22.7. The van der Waals surface area contributed by atoms with Gasteiger partial charge in [0, 0.05) is 5.33 Å². The molecule has 0 atom stereocenters. The Morgan fingerprint density at radius 1 is 0.475 bits per heavy atom. The standard InChI is InChI=1S/C18H21BrO2.C18H15P/c19-12-11-16-7-6-10-18(15-16)21-14-5-4-13-20-17-8-2-1-3-9-17;1-4-10-16(11-5-1)19(17-12-6-2-7-13-17)18-14-8-3-9-15-18/h1-3,6-10,15H,4-5,11-14H2;1-15H. The number of unbranched alkanes of at least 4 members (excludes halogenated alkanes) is 1. The molecule has 0 saturated heterocycles. The van der Waals surface area contributed by atoms with Gasteiger partial charge in [-0.05, 0) is 72.9 Å². The highest BCUT2D eigenvalue weighted by atomic mass is 79.9. The quantitative estimate of drug-likeness (QED) is 0.0803. The van der Waals surface area contributed by atoms with E-state index in [1.165, 1.54) is 21.5 Å². The number of para-hydroxylation sites is 1. The lowest BCUT2D eigenvalue weighted by atomic mass is 10.2. The Balaban J connectivity index is 0.000000186. The molecule has 204 valence electrons. The van der Waals surface area contributed by atoms with Crippen molar-refractivity contribution in [3.8, 4) is 11.5 Å². The van der Waals surface area contributed by atoms with Crippen LogP contribution in [0.25, 0.3) is 0 Å². The van der Waals surface area contributed by atoms with Gasteiger partial charge in [0.2, 0.25) is 0 Å². The van der Waals surface area contributed by atoms with E-state index < -0.39 is 7.92 Å². The number of ether oxygens (including phenoxy) is 2. The second-order valence-electron chi connectivity index (χ2n) is 9.15. The summed E-state index contributed by atoms with van der Waals surface area (Å²) in [5.74, 6) is 1.89. The molecule has 0 amide bonds. The van der Waals surface area contributed by atoms with Crippen molar-refractivity contribution in [2.45, 2.75) is 19.3 Å². The molecule has 2 nitrogen and oxygen atoms in total. The van der Waals surface area contributed by atoms with Gasteiger partial charge in [-0.3, -0.25) is 0 Å². The number of hydrogen-bond acceptors (Lipinski definition) is 2. The molecule has 0 aliphatic heterocycles. The Morgan fingerprint density at radius 3 is 1.38 bits per heavy atom. The summed E-state index contributed by atoms with van der Waals surface area (Å²) in [6.45, 7) is 1.47. The lowest BCUT2D eigenvalue weighted by Gasteiger charge is -2.18. The third kappa shape index (κ3) is 9.97. The van der Waals surface area contributed by atoms with Crippen LogP contribution in [-0.4, -0.2) is 18.5 Å². The van der Waals surface area contributed by atoms with Gasteiger partial charge in [-0.1, -0.05) is 137 Å². The number of rotatable bonds is 12. The maximum atomic E-state index is 5.77. The predicted molar refractivity (Wildman–Crippen MR) is 176 cm³/mol. The smallest absolute Gasteiger partial charge is 0.119 e. The summed E-state index contributed by atoms with van der Waals surface area (Å²) < 4.78 is 11.4. The largest absolute Gasteiger partial charge is 0.494 e. The fourth-order valence-electron chi connectivity index (χ4n) is 4.18. The first-order valence-corrected chi connectivity index (χ1v) is 16.2. The minimum absolute atomic E-state index is 0.446. The van der Waals surface area contributed by atoms with Crippen LogP contribution in [0.1, 0.15) is 18.4 Å². The van der Waals surface area contributed by atoms with Crippen LogP contribution in [0.2, 0.25) is 0 Å². The summed E-state index contributed by atoms with van der Waals surface area (Å²) in [5, 5.41) is 5.17. The Hall–Kier alpha value is -3.39. The van der Waals surface area contributed by atoms with Gasteiger partial charge in [0.15, 0.2) is 0 Å². The molecule has 0 N–H and O–H groups in total. The molecule has 0 aliphatic rings. The highest BCUT2D eigenvalue weighted by molar-refractivity contribution is 9.09. The van der Waals surface area contributed by atoms with Gasteiger partial charge in [-0.2, -0.15) is 0 Å². The van der Waals surface area contributed by atoms with Gasteiger partial charge in [-0.25, -0.2) is 0 Å². The maximum Gasteiger partial charge on any atom is 0.119 e. The summed E-state index contributed by atoms with van der Waals surface area (Å²) in [4.78, 5) is 0. The normalized spacial score (nSPS) is 10.4. The Kier molecular flexibility index (Phi) is 12.8. The number of hydrogen-bond donors (Lipinski definition) is 0. The second-order valence-corrected chi connectivity index (χ2v) is 12.2. The first-order valence-electron chi connectivity index (χ1n) is 13.7. The minimum atomic E-state index is -0.446. The van der Waals surface area contributed by atoms with Crippen LogP contribution >= 0.6 is 23.9 Å². The molecular weight excluding hydrogens is 575 g/mol. The van der Waals surface area contributed by atoms with Crippen LogP contribution in [0, 0.1) is 0 Å². The van der Waals surface area contributed by atoms with E-state index in [1.807, 2.05) is 42.5 Å². The Morgan fingerprint density at radius 2 is 0.900 bits per heavy atom. The zero-order chi connectivity index (χ0) is 27.7. The molecule has 5 aromatic rings. The van der Waals surface area contributed by atoms with E-state index >= 15 is 0 Å². The summed E-state index contributed by atoms with van der Waals surface area (Å²) in [5.41, 5.74) is 1.30. The molecule has 0 spiro atoms. The topological polar surface area (TPSA) is 18.5 Å². The third-order valence-electron chi connectivity index (χ3n) is 6.14. The second kappa shape index (κ2) is 17.3. The van der Waals surface area contributed by atoms with Gasteiger partial charge >= 0.3 is 0 Å². The van der Waals surface area contributed by atoms with E-state index in [2.05, 4.69) is 119 Å². The molecule has 0 aliphatic carbocycles. The van der Waals surface area contributed by atoms with Crippen LogP contribution in [0.5, 0.6) is 11.5 Å². The van der Waals surface area contributed by atoms with Crippen molar-refractivity contribution in [2.75, 3.05) is 18.5 Å². The van der Waals surface area contributed by atoms with Crippen molar-refractivity contribution in [3.63, 3.8) is 0 Å². The van der Waals surface area contributed by atoms with Crippen molar-refractivity contribution in [3.05, 3.63) is 151 Å². The number of aryl methyl sites for hydroxylation is 1. The van der Waals surface area contributed by atoms with Crippen molar-refractivity contribution < 1.29 is 9.47 Å². The molecule has 0 fully saturated rings. The van der Waals surface area contributed by atoms with Gasteiger partial charge in [0.1, 0.15) is 11.5 Å². The van der Waals surface area contributed by atoms with E-state index in [9.17, 15) is 0 Å². The number of halogens is 1. The third-order valence-corrected chi connectivity index (χ3v) is 8.98. The Labute approximate surface area is 248 Å². The number of alkyl halides is 1. The van der Waals surface area contributed by atoms with Crippen LogP contribution in [-0.2, 0) is 6.42 Å². The van der Waals surface area contributed by atoms with E-state index in [4.69, 9.17) is 9.47 Å². The highest BCUT2D eigenvalue weighted by Gasteiger charge is 2.15. The highest BCUT2D eigenvalue weighted by Crippen LogP contribution is 2.32. The molecule has 5 aromatic carbocycles. The minimum Gasteiger partial charge on any atom is -0.494 e. The van der Waals surface area contributed by atoms with Crippen LogP contribution in [0.4, 0.5) is 0 Å². The molecule has 0 heterocycles. The summed E-state index contributed by atoms with van der Waals surface area (Å²) >= 11 is 3.46. The Bertz CT molecular complexity index is 1260. The predicted octanol–water partition coefficient (Wildman–Crippen LogP) is 8.31. The fraction of sp³-hybridized carbons (Fsp3) is 0.167. The van der Waals surface area contributed by atoms with E-state index in [0.29, 0.717) is 0 Å². The molecule has 0 bridgehead atoms. The first kappa shape index (κ1) is 29.6. The molecular formula is C36H36BrO2P. The molecule has 0 saturated carbocycles. The monoisotopic (exact) mass is 610 g/mol. The average Bonchev–Trinajstić information content (AvgIpc) is 3.02. The van der Waals surface area contributed by atoms with Crippen molar-refractivity contribution in [2.24, 2.45) is 0 Å². The van der Waals surface area contributed by atoms with Crippen LogP contribution in [0.3, 0.4) is 0 Å². The van der Waals surface area contributed by atoms with Gasteiger partial charge < -0.3 is 9.47 Å². The summed E-state index contributed by atoms with van der Waals surface area (Å²) in [7, 11) is -0.446. The van der Waals surface area contributed by atoms with Gasteiger partial charge in [-0.15, -0.1) is 0 Å². The molecule has 0 radical (unpaired) electrons. The first-order chi connectivity index (χ1) is 19.8. The van der Waals surface area contributed by atoms with Gasteiger partial charge in [0.25, 0.3) is 0 Å². The van der Waals surface area contributed by atoms with E-state index in [0.717, 1.165) is 49.3 Å². The number of benzene rings is 5. The van der Waals surface area contributed by atoms with Crippen molar-refractivity contribution in [1.29, 1.82) is 0 Å².